The highest BCUT2D eigenvalue weighted by atomic mass is 32.1. The first-order valence-corrected chi connectivity index (χ1v) is 6.70. The summed E-state index contributed by atoms with van der Waals surface area (Å²) >= 11 is 1.70. The number of rotatable bonds is 4. The van der Waals surface area contributed by atoms with Crippen molar-refractivity contribution in [3.63, 3.8) is 0 Å². The molecule has 0 aliphatic heterocycles. The molecule has 3 rings (SSSR count). The van der Waals surface area contributed by atoms with E-state index >= 15 is 0 Å². The maximum absolute atomic E-state index is 4.56. The predicted octanol–water partition coefficient (Wildman–Crippen LogP) is 2.91. The Bertz CT molecular complexity index is 642. The summed E-state index contributed by atoms with van der Waals surface area (Å²) in [7, 11) is 0. The first-order chi connectivity index (χ1) is 8.81. The Kier molecular flexibility index (Phi) is 2.98. The minimum atomic E-state index is 0.856. The monoisotopic (exact) mass is 258 g/mol. The van der Waals surface area contributed by atoms with Crippen LogP contribution in [0.25, 0.3) is 10.2 Å². The molecule has 0 radical (unpaired) electrons. The summed E-state index contributed by atoms with van der Waals surface area (Å²) in [6, 6.07) is 6.34. The summed E-state index contributed by atoms with van der Waals surface area (Å²) in [5.41, 5.74) is 2.34. The lowest BCUT2D eigenvalue weighted by Gasteiger charge is -2.02. The van der Waals surface area contributed by atoms with Crippen molar-refractivity contribution in [1.82, 2.24) is 14.5 Å². The second kappa shape index (κ2) is 4.78. The van der Waals surface area contributed by atoms with Gasteiger partial charge in [-0.1, -0.05) is 17.4 Å². The quantitative estimate of drug-likeness (QED) is 0.782. The zero-order valence-corrected chi connectivity index (χ0v) is 10.9. The van der Waals surface area contributed by atoms with Gasteiger partial charge in [-0.05, 0) is 24.6 Å². The van der Waals surface area contributed by atoms with Crippen LogP contribution in [0, 0.1) is 6.92 Å². The minimum absolute atomic E-state index is 0.856. The van der Waals surface area contributed by atoms with E-state index in [1.54, 1.807) is 17.5 Å². The highest BCUT2D eigenvalue weighted by Crippen LogP contribution is 2.26. The molecule has 0 saturated carbocycles. The molecular formula is C13H14N4S. The van der Waals surface area contributed by atoms with Gasteiger partial charge in [-0.3, -0.25) is 0 Å². The molecule has 2 heterocycles. The van der Waals surface area contributed by atoms with Gasteiger partial charge in [0.2, 0.25) is 0 Å². The molecule has 0 amide bonds. The molecule has 1 N–H and O–H groups in total. The lowest BCUT2D eigenvalue weighted by atomic mass is 10.2. The lowest BCUT2D eigenvalue weighted by molar-refractivity contribution is 0.726. The van der Waals surface area contributed by atoms with E-state index in [-0.39, 0.29) is 0 Å². The molecule has 0 aliphatic rings. The topological polar surface area (TPSA) is 42.7 Å². The van der Waals surface area contributed by atoms with Gasteiger partial charge in [0.15, 0.2) is 5.13 Å². The van der Waals surface area contributed by atoms with E-state index in [1.165, 1.54) is 10.3 Å². The maximum atomic E-state index is 4.56. The molecule has 18 heavy (non-hydrogen) atoms. The molecule has 0 saturated heterocycles. The summed E-state index contributed by atoms with van der Waals surface area (Å²) in [6.07, 6.45) is 5.58. The van der Waals surface area contributed by atoms with Crippen molar-refractivity contribution < 1.29 is 0 Å². The van der Waals surface area contributed by atoms with Gasteiger partial charge in [-0.15, -0.1) is 0 Å². The molecule has 0 spiro atoms. The van der Waals surface area contributed by atoms with Gasteiger partial charge < -0.3 is 9.88 Å². The highest BCUT2D eigenvalue weighted by molar-refractivity contribution is 7.22. The van der Waals surface area contributed by atoms with Crippen LogP contribution in [0.5, 0.6) is 0 Å². The van der Waals surface area contributed by atoms with Gasteiger partial charge in [0.1, 0.15) is 0 Å². The number of nitrogens with one attached hydrogen (secondary N) is 1. The average Bonchev–Trinajstić information content (AvgIpc) is 2.97. The molecule has 2 aromatic heterocycles. The van der Waals surface area contributed by atoms with Crippen molar-refractivity contribution in [1.29, 1.82) is 0 Å². The Hall–Kier alpha value is -1.88. The van der Waals surface area contributed by atoms with Crippen molar-refractivity contribution in [3.8, 4) is 0 Å². The van der Waals surface area contributed by atoms with Crippen LogP contribution in [-0.4, -0.2) is 21.1 Å². The summed E-state index contributed by atoms with van der Waals surface area (Å²) in [5, 5.41) is 4.33. The van der Waals surface area contributed by atoms with E-state index in [9.17, 15) is 0 Å². The number of nitrogens with zero attached hydrogens (tertiary/aromatic N) is 3. The Morgan fingerprint density at radius 1 is 1.39 bits per heavy atom. The fourth-order valence-electron chi connectivity index (χ4n) is 1.82. The molecule has 0 bridgehead atoms. The van der Waals surface area contributed by atoms with Gasteiger partial charge in [0, 0.05) is 25.5 Å². The zero-order valence-electron chi connectivity index (χ0n) is 10.1. The van der Waals surface area contributed by atoms with Gasteiger partial charge in [0.05, 0.1) is 16.5 Å². The van der Waals surface area contributed by atoms with Gasteiger partial charge in [-0.2, -0.15) is 0 Å². The fraction of sp³-hybridized carbons (Fsp3) is 0.231. The molecule has 4 nitrogen and oxygen atoms in total. The Balaban J connectivity index is 1.67. The molecule has 0 unspecified atom stereocenters. The standard InChI is InChI=1S/C13H14N4S/c1-10-2-3-11-12(8-10)18-13(16-11)15-5-7-17-6-4-14-9-17/h2-4,6,8-9H,5,7H2,1H3,(H,15,16). The van der Waals surface area contributed by atoms with Crippen LogP contribution < -0.4 is 5.32 Å². The van der Waals surface area contributed by atoms with E-state index in [0.717, 1.165) is 23.7 Å². The van der Waals surface area contributed by atoms with Crippen LogP contribution in [0.3, 0.4) is 0 Å². The average molecular weight is 258 g/mol. The second-order valence-corrected chi connectivity index (χ2v) is 5.25. The van der Waals surface area contributed by atoms with Crippen molar-refractivity contribution in [2.75, 3.05) is 11.9 Å². The molecule has 3 aromatic rings. The SMILES string of the molecule is Cc1ccc2nc(NCCn3ccnc3)sc2c1. The number of imidazole rings is 1. The third-order valence-corrected chi connectivity index (χ3v) is 3.73. The molecule has 0 fully saturated rings. The Morgan fingerprint density at radius 2 is 2.33 bits per heavy atom. The number of aromatic nitrogens is 3. The van der Waals surface area contributed by atoms with Crippen molar-refractivity contribution in [3.05, 3.63) is 42.5 Å². The van der Waals surface area contributed by atoms with Crippen LogP contribution in [-0.2, 0) is 6.54 Å². The molecule has 0 atom stereocenters. The summed E-state index contributed by atoms with van der Waals surface area (Å²) in [5.74, 6) is 0. The van der Waals surface area contributed by atoms with E-state index in [1.807, 2.05) is 17.1 Å². The lowest BCUT2D eigenvalue weighted by Crippen LogP contribution is -2.08. The predicted molar refractivity (Wildman–Crippen MR) is 75.1 cm³/mol. The summed E-state index contributed by atoms with van der Waals surface area (Å²) in [6.45, 7) is 3.86. The third-order valence-electron chi connectivity index (χ3n) is 2.75. The Labute approximate surface area is 109 Å². The van der Waals surface area contributed by atoms with Crippen LogP contribution in [0.15, 0.2) is 36.9 Å². The van der Waals surface area contributed by atoms with Crippen molar-refractivity contribution in [2.45, 2.75) is 13.5 Å². The van der Waals surface area contributed by atoms with Crippen molar-refractivity contribution in [2.24, 2.45) is 0 Å². The fourth-order valence-corrected chi connectivity index (χ4v) is 2.81. The first kappa shape index (κ1) is 11.2. The number of hydrogen-bond donors (Lipinski definition) is 1. The number of fused-ring (bicyclic) bond motifs is 1. The maximum Gasteiger partial charge on any atom is 0.183 e. The molecular weight excluding hydrogens is 244 g/mol. The van der Waals surface area contributed by atoms with Crippen LogP contribution in [0.2, 0.25) is 0 Å². The largest absolute Gasteiger partial charge is 0.360 e. The van der Waals surface area contributed by atoms with Gasteiger partial charge in [0.25, 0.3) is 0 Å². The van der Waals surface area contributed by atoms with Gasteiger partial charge in [-0.25, -0.2) is 9.97 Å². The van der Waals surface area contributed by atoms with Crippen molar-refractivity contribution >= 4 is 26.7 Å². The van der Waals surface area contributed by atoms with E-state index < -0.39 is 0 Å². The van der Waals surface area contributed by atoms with Crippen LogP contribution in [0.1, 0.15) is 5.56 Å². The molecule has 0 aliphatic carbocycles. The van der Waals surface area contributed by atoms with Gasteiger partial charge >= 0.3 is 0 Å². The highest BCUT2D eigenvalue weighted by Gasteiger charge is 2.02. The minimum Gasteiger partial charge on any atom is -0.360 e. The zero-order chi connectivity index (χ0) is 12.4. The third kappa shape index (κ3) is 2.36. The van der Waals surface area contributed by atoms with E-state index in [0.29, 0.717) is 0 Å². The smallest absolute Gasteiger partial charge is 0.183 e. The normalized spacial score (nSPS) is 10.9. The van der Waals surface area contributed by atoms with Crippen LogP contribution in [0.4, 0.5) is 5.13 Å². The number of thiazole rings is 1. The molecule has 5 heteroatoms. The number of hydrogen-bond acceptors (Lipinski definition) is 4. The second-order valence-electron chi connectivity index (χ2n) is 4.22. The Morgan fingerprint density at radius 3 is 3.17 bits per heavy atom. The summed E-state index contributed by atoms with van der Waals surface area (Å²) < 4.78 is 3.28. The number of aryl methyl sites for hydroxylation is 1. The summed E-state index contributed by atoms with van der Waals surface area (Å²) in [4.78, 5) is 8.57. The number of benzene rings is 1. The van der Waals surface area contributed by atoms with Crippen LogP contribution >= 0.6 is 11.3 Å². The van der Waals surface area contributed by atoms with E-state index in [4.69, 9.17) is 0 Å². The number of anilines is 1. The molecule has 1 aromatic carbocycles. The van der Waals surface area contributed by atoms with E-state index in [2.05, 4.69) is 40.4 Å². The molecule has 92 valence electrons. The first-order valence-electron chi connectivity index (χ1n) is 5.88.